The van der Waals surface area contributed by atoms with Crippen LogP contribution in [0, 0.1) is 0 Å². The lowest BCUT2D eigenvalue weighted by atomic mass is 10.1. The Kier molecular flexibility index (Phi) is 4.29. The highest BCUT2D eigenvalue weighted by Gasteiger charge is 2.07. The molecule has 1 aromatic heterocycles. The lowest BCUT2D eigenvalue weighted by Gasteiger charge is -2.13. The summed E-state index contributed by atoms with van der Waals surface area (Å²) in [5, 5.41) is 3.55. The molecule has 1 unspecified atom stereocenters. The van der Waals surface area contributed by atoms with Crippen LogP contribution in [0.5, 0.6) is 0 Å². The first kappa shape index (κ1) is 12.3. The third-order valence-corrected chi connectivity index (χ3v) is 3.93. The quantitative estimate of drug-likeness (QED) is 0.872. The molecule has 1 heterocycles. The fourth-order valence-corrected chi connectivity index (χ4v) is 2.53. The van der Waals surface area contributed by atoms with Crippen LogP contribution in [0.15, 0.2) is 36.0 Å². The highest BCUT2D eigenvalue weighted by Crippen LogP contribution is 2.17. The maximum absolute atomic E-state index is 4.11. The first-order chi connectivity index (χ1) is 8.31. The molecule has 0 bridgehead atoms. The van der Waals surface area contributed by atoms with Gasteiger partial charge in [0.25, 0.3) is 0 Å². The van der Waals surface area contributed by atoms with E-state index in [1.54, 1.807) is 11.3 Å². The second-order valence-corrected chi connectivity index (χ2v) is 5.05. The Morgan fingerprint density at radius 3 is 2.71 bits per heavy atom. The fraction of sp³-hybridized carbons (Fsp3) is 0.357. The van der Waals surface area contributed by atoms with Gasteiger partial charge in [0.05, 0.1) is 5.51 Å². The summed E-state index contributed by atoms with van der Waals surface area (Å²) in [7, 11) is 0. The standard InChI is InChI=1S/C14H18N2S/c1-3-12-6-4-5-7-13(12)8-16-11(2)14-9-15-10-17-14/h4-7,9-11,16H,3,8H2,1-2H3. The number of hydrogen-bond donors (Lipinski definition) is 1. The van der Waals surface area contributed by atoms with E-state index >= 15 is 0 Å². The normalized spacial score (nSPS) is 12.6. The van der Waals surface area contributed by atoms with Gasteiger partial charge in [-0.3, -0.25) is 4.98 Å². The fourth-order valence-electron chi connectivity index (χ4n) is 1.88. The SMILES string of the molecule is CCc1ccccc1CNC(C)c1cncs1. The molecule has 0 spiro atoms. The molecular weight excluding hydrogens is 228 g/mol. The number of benzene rings is 1. The van der Waals surface area contributed by atoms with Crippen LogP contribution in [0.25, 0.3) is 0 Å². The van der Waals surface area contributed by atoms with Crippen molar-refractivity contribution in [3.63, 3.8) is 0 Å². The number of nitrogens with zero attached hydrogens (tertiary/aromatic N) is 1. The molecule has 2 aromatic rings. The third-order valence-electron chi connectivity index (χ3n) is 2.98. The molecule has 90 valence electrons. The second kappa shape index (κ2) is 5.94. The van der Waals surface area contributed by atoms with Crippen LogP contribution in [-0.4, -0.2) is 4.98 Å². The Morgan fingerprint density at radius 2 is 2.06 bits per heavy atom. The minimum Gasteiger partial charge on any atom is -0.305 e. The predicted molar refractivity (Wildman–Crippen MR) is 73.2 cm³/mol. The summed E-state index contributed by atoms with van der Waals surface area (Å²) in [5.41, 5.74) is 4.70. The van der Waals surface area contributed by atoms with E-state index in [2.05, 4.69) is 48.4 Å². The summed E-state index contributed by atoms with van der Waals surface area (Å²) >= 11 is 1.70. The number of thiazole rings is 1. The largest absolute Gasteiger partial charge is 0.305 e. The van der Waals surface area contributed by atoms with Gasteiger partial charge in [-0.15, -0.1) is 11.3 Å². The first-order valence-electron chi connectivity index (χ1n) is 5.99. The zero-order chi connectivity index (χ0) is 12.1. The van der Waals surface area contributed by atoms with Crippen molar-refractivity contribution in [2.45, 2.75) is 32.9 Å². The van der Waals surface area contributed by atoms with E-state index < -0.39 is 0 Å². The summed E-state index contributed by atoms with van der Waals surface area (Å²) in [5.74, 6) is 0. The highest BCUT2D eigenvalue weighted by atomic mass is 32.1. The van der Waals surface area contributed by atoms with Gasteiger partial charge < -0.3 is 5.32 Å². The molecule has 0 amide bonds. The molecule has 0 aliphatic rings. The number of aryl methyl sites for hydroxylation is 1. The van der Waals surface area contributed by atoms with Crippen molar-refractivity contribution in [1.82, 2.24) is 10.3 Å². The molecule has 1 atom stereocenters. The van der Waals surface area contributed by atoms with E-state index in [1.165, 1.54) is 16.0 Å². The van der Waals surface area contributed by atoms with Crippen LogP contribution in [0.2, 0.25) is 0 Å². The Morgan fingerprint density at radius 1 is 1.29 bits per heavy atom. The van der Waals surface area contributed by atoms with Crippen LogP contribution >= 0.6 is 11.3 Å². The Hall–Kier alpha value is -1.19. The van der Waals surface area contributed by atoms with Gasteiger partial charge >= 0.3 is 0 Å². The second-order valence-electron chi connectivity index (χ2n) is 4.13. The number of hydrogen-bond acceptors (Lipinski definition) is 3. The van der Waals surface area contributed by atoms with Crippen LogP contribution in [0.3, 0.4) is 0 Å². The Labute approximate surface area is 107 Å². The minimum absolute atomic E-state index is 0.368. The summed E-state index contributed by atoms with van der Waals surface area (Å²) in [4.78, 5) is 5.40. The molecule has 1 aromatic carbocycles. The average Bonchev–Trinajstić information content (AvgIpc) is 2.90. The summed E-state index contributed by atoms with van der Waals surface area (Å²) < 4.78 is 0. The van der Waals surface area contributed by atoms with Crippen molar-refractivity contribution in [1.29, 1.82) is 0 Å². The van der Waals surface area contributed by atoms with E-state index in [0.717, 1.165) is 13.0 Å². The summed E-state index contributed by atoms with van der Waals surface area (Å²) in [6.45, 7) is 5.30. The molecule has 0 radical (unpaired) electrons. The smallest absolute Gasteiger partial charge is 0.0794 e. The van der Waals surface area contributed by atoms with Crippen molar-refractivity contribution in [2.24, 2.45) is 0 Å². The molecule has 2 nitrogen and oxygen atoms in total. The molecule has 2 rings (SSSR count). The van der Waals surface area contributed by atoms with Crippen molar-refractivity contribution in [2.75, 3.05) is 0 Å². The number of aromatic nitrogens is 1. The molecular formula is C14H18N2S. The molecule has 0 fully saturated rings. The van der Waals surface area contributed by atoms with Gasteiger partial charge in [-0.1, -0.05) is 31.2 Å². The molecule has 0 saturated heterocycles. The zero-order valence-electron chi connectivity index (χ0n) is 10.3. The van der Waals surface area contributed by atoms with Gasteiger partial charge in [0, 0.05) is 23.7 Å². The topological polar surface area (TPSA) is 24.9 Å². The van der Waals surface area contributed by atoms with E-state index in [9.17, 15) is 0 Å². The molecule has 0 aliphatic heterocycles. The van der Waals surface area contributed by atoms with E-state index in [1.807, 2.05) is 11.7 Å². The van der Waals surface area contributed by atoms with Crippen molar-refractivity contribution < 1.29 is 0 Å². The lowest BCUT2D eigenvalue weighted by molar-refractivity contribution is 0.580. The van der Waals surface area contributed by atoms with E-state index in [4.69, 9.17) is 0 Å². The van der Waals surface area contributed by atoms with Crippen molar-refractivity contribution in [3.8, 4) is 0 Å². The zero-order valence-corrected chi connectivity index (χ0v) is 11.1. The number of nitrogens with one attached hydrogen (secondary N) is 1. The lowest BCUT2D eigenvalue weighted by Crippen LogP contribution is -2.18. The van der Waals surface area contributed by atoms with Crippen molar-refractivity contribution in [3.05, 3.63) is 52.0 Å². The van der Waals surface area contributed by atoms with Gasteiger partial charge in [0.1, 0.15) is 0 Å². The van der Waals surface area contributed by atoms with Gasteiger partial charge in [0.2, 0.25) is 0 Å². The van der Waals surface area contributed by atoms with Gasteiger partial charge in [-0.25, -0.2) is 0 Å². The van der Waals surface area contributed by atoms with E-state index in [-0.39, 0.29) is 0 Å². The Balaban J connectivity index is 1.98. The molecule has 0 aliphatic carbocycles. The molecule has 3 heteroatoms. The maximum atomic E-state index is 4.11. The molecule has 0 saturated carbocycles. The highest BCUT2D eigenvalue weighted by molar-refractivity contribution is 7.09. The van der Waals surface area contributed by atoms with Gasteiger partial charge in [0.15, 0.2) is 0 Å². The minimum atomic E-state index is 0.368. The van der Waals surface area contributed by atoms with E-state index in [0.29, 0.717) is 6.04 Å². The van der Waals surface area contributed by atoms with Crippen LogP contribution in [0.4, 0.5) is 0 Å². The van der Waals surface area contributed by atoms with Crippen LogP contribution < -0.4 is 5.32 Å². The molecule has 1 N–H and O–H groups in total. The maximum Gasteiger partial charge on any atom is 0.0794 e. The van der Waals surface area contributed by atoms with Crippen LogP contribution in [-0.2, 0) is 13.0 Å². The monoisotopic (exact) mass is 246 g/mol. The Bertz CT molecular complexity index is 451. The third kappa shape index (κ3) is 3.14. The predicted octanol–water partition coefficient (Wildman–Crippen LogP) is 3.56. The summed E-state index contributed by atoms with van der Waals surface area (Å²) in [6, 6.07) is 8.98. The first-order valence-corrected chi connectivity index (χ1v) is 6.87. The van der Waals surface area contributed by atoms with Crippen LogP contribution in [0.1, 0.15) is 35.9 Å². The molecule has 17 heavy (non-hydrogen) atoms. The number of rotatable bonds is 5. The van der Waals surface area contributed by atoms with Gasteiger partial charge in [-0.2, -0.15) is 0 Å². The van der Waals surface area contributed by atoms with Gasteiger partial charge in [-0.05, 0) is 24.5 Å². The summed E-state index contributed by atoms with van der Waals surface area (Å²) in [6.07, 6.45) is 3.03. The average molecular weight is 246 g/mol. The van der Waals surface area contributed by atoms with Crippen molar-refractivity contribution >= 4 is 11.3 Å².